The zero-order valence-electron chi connectivity index (χ0n) is 9.05. The van der Waals surface area contributed by atoms with E-state index in [9.17, 15) is 0 Å². The van der Waals surface area contributed by atoms with Crippen LogP contribution in [-0.4, -0.2) is 12.1 Å². The molecule has 0 bridgehead atoms. The lowest BCUT2D eigenvalue weighted by Gasteiger charge is -2.34. The summed E-state index contributed by atoms with van der Waals surface area (Å²) >= 11 is 0. The molecule has 2 fully saturated rings. The van der Waals surface area contributed by atoms with Crippen molar-refractivity contribution in [2.75, 3.05) is 0 Å². The molecule has 0 aromatic carbocycles. The van der Waals surface area contributed by atoms with Gasteiger partial charge in [-0.15, -0.1) is 0 Å². The smallest absolute Gasteiger partial charge is 0.00722 e. The summed E-state index contributed by atoms with van der Waals surface area (Å²) in [6.07, 6.45) is 8.68. The van der Waals surface area contributed by atoms with Gasteiger partial charge in [0.15, 0.2) is 0 Å². The molecule has 3 unspecified atom stereocenters. The molecule has 0 aromatic rings. The first-order valence-electron chi connectivity index (χ1n) is 6.01. The van der Waals surface area contributed by atoms with Crippen molar-refractivity contribution in [1.29, 1.82) is 0 Å². The third-order valence-corrected chi connectivity index (χ3v) is 4.05. The predicted octanol–water partition coefficient (Wildman–Crippen LogP) is 2.95. The van der Waals surface area contributed by atoms with E-state index in [0.29, 0.717) is 0 Å². The van der Waals surface area contributed by atoms with Gasteiger partial charge in [0.2, 0.25) is 0 Å². The zero-order chi connectivity index (χ0) is 9.26. The van der Waals surface area contributed by atoms with Crippen molar-refractivity contribution in [3.05, 3.63) is 0 Å². The van der Waals surface area contributed by atoms with Gasteiger partial charge in [-0.3, -0.25) is 0 Å². The van der Waals surface area contributed by atoms with Gasteiger partial charge in [-0.05, 0) is 50.9 Å². The minimum absolute atomic E-state index is 0.782. The summed E-state index contributed by atoms with van der Waals surface area (Å²) in [5, 5.41) is 3.81. The molecular weight excluding hydrogens is 158 g/mol. The monoisotopic (exact) mass is 181 g/mol. The minimum Gasteiger partial charge on any atom is -0.311 e. The van der Waals surface area contributed by atoms with Gasteiger partial charge in [0.1, 0.15) is 0 Å². The second-order valence-corrected chi connectivity index (χ2v) is 5.26. The van der Waals surface area contributed by atoms with Gasteiger partial charge in [-0.25, -0.2) is 0 Å². The lowest BCUT2D eigenvalue weighted by molar-refractivity contribution is 0.226. The van der Waals surface area contributed by atoms with E-state index in [1.807, 2.05) is 0 Å². The first-order chi connectivity index (χ1) is 6.25. The Hall–Kier alpha value is -0.0400. The van der Waals surface area contributed by atoms with Crippen LogP contribution in [0.1, 0.15) is 52.4 Å². The lowest BCUT2D eigenvalue weighted by atomic mass is 9.80. The number of nitrogens with one attached hydrogen (secondary N) is 1. The zero-order valence-corrected chi connectivity index (χ0v) is 9.05. The van der Waals surface area contributed by atoms with Crippen LogP contribution in [-0.2, 0) is 0 Å². The van der Waals surface area contributed by atoms with Crippen LogP contribution in [0.3, 0.4) is 0 Å². The second kappa shape index (κ2) is 4.00. The van der Waals surface area contributed by atoms with Gasteiger partial charge >= 0.3 is 0 Å². The van der Waals surface area contributed by atoms with Gasteiger partial charge in [0, 0.05) is 12.1 Å². The minimum atomic E-state index is 0.782. The van der Waals surface area contributed by atoms with Crippen molar-refractivity contribution in [3.63, 3.8) is 0 Å². The molecule has 13 heavy (non-hydrogen) atoms. The Morgan fingerprint density at radius 1 is 1.15 bits per heavy atom. The van der Waals surface area contributed by atoms with Crippen molar-refractivity contribution in [2.24, 2.45) is 11.8 Å². The van der Waals surface area contributed by atoms with Crippen LogP contribution in [0.5, 0.6) is 0 Å². The summed E-state index contributed by atoms with van der Waals surface area (Å²) < 4.78 is 0. The largest absolute Gasteiger partial charge is 0.311 e. The van der Waals surface area contributed by atoms with Gasteiger partial charge in [-0.1, -0.05) is 13.3 Å². The molecule has 2 rings (SSSR count). The topological polar surface area (TPSA) is 12.0 Å². The fraction of sp³-hybridized carbons (Fsp3) is 1.00. The Labute approximate surface area is 82.3 Å². The van der Waals surface area contributed by atoms with Gasteiger partial charge < -0.3 is 5.32 Å². The molecule has 0 aromatic heterocycles. The number of hydrogen-bond acceptors (Lipinski definition) is 1. The SMILES string of the molecule is CC1CCC(NC(C)C2CCC2)C1. The highest BCUT2D eigenvalue weighted by Crippen LogP contribution is 2.31. The molecule has 2 saturated carbocycles. The van der Waals surface area contributed by atoms with Gasteiger partial charge in [0.25, 0.3) is 0 Å². The van der Waals surface area contributed by atoms with Crippen molar-refractivity contribution < 1.29 is 0 Å². The van der Waals surface area contributed by atoms with Crippen molar-refractivity contribution in [1.82, 2.24) is 5.32 Å². The number of hydrogen-bond donors (Lipinski definition) is 1. The maximum atomic E-state index is 3.81. The molecule has 1 N–H and O–H groups in total. The first kappa shape index (κ1) is 9.51. The molecule has 0 spiro atoms. The molecule has 76 valence electrons. The highest BCUT2D eigenvalue weighted by atomic mass is 15.0. The lowest BCUT2D eigenvalue weighted by Crippen LogP contribution is -2.42. The molecule has 0 radical (unpaired) electrons. The normalized spacial score (nSPS) is 37.4. The molecule has 0 aliphatic heterocycles. The van der Waals surface area contributed by atoms with Crippen LogP contribution < -0.4 is 5.32 Å². The average molecular weight is 181 g/mol. The Morgan fingerprint density at radius 3 is 2.38 bits per heavy atom. The van der Waals surface area contributed by atoms with Crippen LogP contribution in [0.4, 0.5) is 0 Å². The maximum absolute atomic E-state index is 3.81. The molecular formula is C12H23N. The van der Waals surface area contributed by atoms with Crippen molar-refractivity contribution in [2.45, 2.75) is 64.5 Å². The molecule has 3 atom stereocenters. The molecule has 0 saturated heterocycles. The Kier molecular flexibility index (Phi) is 2.92. The summed E-state index contributed by atoms with van der Waals surface area (Å²) in [6, 6.07) is 1.62. The van der Waals surface area contributed by atoms with Crippen LogP contribution in [0.2, 0.25) is 0 Å². The van der Waals surface area contributed by atoms with Crippen molar-refractivity contribution >= 4 is 0 Å². The van der Waals surface area contributed by atoms with Gasteiger partial charge in [-0.2, -0.15) is 0 Å². The summed E-state index contributed by atoms with van der Waals surface area (Å²) in [4.78, 5) is 0. The Balaban J connectivity index is 1.71. The summed E-state index contributed by atoms with van der Waals surface area (Å²) in [6.45, 7) is 4.77. The third kappa shape index (κ3) is 2.25. The molecule has 0 heterocycles. The van der Waals surface area contributed by atoms with Crippen LogP contribution in [0.15, 0.2) is 0 Å². The summed E-state index contributed by atoms with van der Waals surface area (Å²) in [7, 11) is 0. The molecule has 1 heteroatoms. The molecule has 2 aliphatic rings. The Morgan fingerprint density at radius 2 is 1.92 bits per heavy atom. The highest BCUT2D eigenvalue weighted by Gasteiger charge is 2.28. The molecule has 2 aliphatic carbocycles. The standard InChI is InChI=1S/C12H23N/c1-9-6-7-12(8-9)13-10(2)11-4-3-5-11/h9-13H,3-8H2,1-2H3. The Bertz CT molecular complexity index is 163. The van der Waals surface area contributed by atoms with E-state index < -0.39 is 0 Å². The molecule has 0 amide bonds. The van der Waals surface area contributed by atoms with Gasteiger partial charge in [0.05, 0.1) is 0 Å². The van der Waals surface area contributed by atoms with E-state index in [4.69, 9.17) is 0 Å². The summed E-state index contributed by atoms with van der Waals surface area (Å²) in [5.41, 5.74) is 0. The highest BCUT2D eigenvalue weighted by molar-refractivity contribution is 4.85. The van der Waals surface area contributed by atoms with E-state index in [-0.39, 0.29) is 0 Å². The van der Waals surface area contributed by atoms with E-state index in [0.717, 1.165) is 23.9 Å². The van der Waals surface area contributed by atoms with Crippen molar-refractivity contribution in [3.8, 4) is 0 Å². The average Bonchev–Trinajstić information content (AvgIpc) is 2.31. The fourth-order valence-corrected chi connectivity index (χ4v) is 2.81. The molecule has 1 nitrogen and oxygen atoms in total. The summed E-state index contributed by atoms with van der Waals surface area (Å²) in [5.74, 6) is 1.96. The van der Waals surface area contributed by atoms with Crippen LogP contribution >= 0.6 is 0 Å². The maximum Gasteiger partial charge on any atom is 0.00722 e. The second-order valence-electron chi connectivity index (χ2n) is 5.26. The van der Waals surface area contributed by atoms with E-state index in [2.05, 4.69) is 19.2 Å². The first-order valence-corrected chi connectivity index (χ1v) is 6.01. The van der Waals surface area contributed by atoms with Crippen LogP contribution in [0, 0.1) is 11.8 Å². The third-order valence-electron chi connectivity index (χ3n) is 4.05. The van der Waals surface area contributed by atoms with E-state index in [1.54, 1.807) is 0 Å². The quantitative estimate of drug-likeness (QED) is 0.706. The van der Waals surface area contributed by atoms with E-state index in [1.165, 1.54) is 38.5 Å². The predicted molar refractivity (Wildman–Crippen MR) is 56.7 cm³/mol. The fourth-order valence-electron chi connectivity index (χ4n) is 2.81. The van der Waals surface area contributed by atoms with Crippen LogP contribution in [0.25, 0.3) is 0 Å². The number of rotatable bonds is 3. The van der Waals surface area contributed by atoms with E-state index >= 15 is 0 Å².